The molecule has 0 saturated carbocycles. The molecule has 1 amide bonds. The number of hydrazone groups is 1. The molecule has 0 aromatic heterocycles. The van der Waals surface area contributed by atoms with Crippen LogP contribution in [0.25, 0.3) is 0 Å². The van der Waals surface area contributed by atoms with E-state index in [0.29, 0.717) is 17.9 Å². The number of rotatable bonds is 6. The molecule has 2 N–H and O–H groups in total. The van der Waals surface area contributed by atoms with Crippen LogP contribution in [0, 0.1) is 6.92 Å². The first kappa shape index (κ1) is 18.2. The molecule has 0 bridgehead atoms. The van der Waals surface area contributed by atoms with E-state index in [4.69, 9.17) is 4.74 Å². The zero-order valence-corrected chi connectivity index (χ0v) is 14.9. The molecule has 0 aliphatic heterocycles. The third kappa shape index (κ3) is 5.44. The number of ether oxygens (including phenoxy) is 1. The topological polar surface area (TPSA) is 70.9 Å². The summed E-state index contributed by atoms with van der Waals surface area (Å²) >= 11 is 0. The van der Waals surface area contributed by atoms with E-state index >= 15 is 0 Å². The molecule has 0 radical (unpaired) electrons. The molecular weight excluding hydrogens is 340 g/mol. The van der Waals surface area contributed by atoms with E-state index in [-0.39, 0.29) is 11.7 Å². The lowest BCUT2D eigenvalue weighted by Crippen LogP contribution is -2.17. The number of carbonyl (C=O) groups excluding carboxylic acids is 1. The van der Waals surface area contributed by atoms with E-state index in [1.807, 2.05) is 31.2 Å². The quantitative estimate of drug-likeness (QED) is 0.515. The van der Waals surface area contributed by atoms with Crippen molar-refractivity contribution in [2.75, 3.05) is 0 Å². The molecule has 3 aromatic carbocycles. The SMILES string of the molecule is Cc1ccc(COc2ccc(C(=O)N/N=C\c3ccc(O)cc3)cc2)cc1. The average Bonchev–Trinajstić information content (AvgIpc) is 2.69. The zero-order chi connectivity index (χ0) is 19.1. The van der Waals surface area contributed by atoms with Crippen molar-refractivity contribution in [1.29, 1.82) is 0 Å². The highest BCUT2D eigenvalue weighted by Crippen LogP contribution is 2.15. The van der Waals surface area contributed by atoms with Crippen molar-refractivity contribution in [2.45, 2.75) is 13.5 Å². The van der Waals surface area contributed by atoms with Crippen molar-refractivity contribution >= 4 is 12.1 Å². The monoisotopic (exact) mass is 360 g/mol. The minimum atomic E-state index is -0.310. The maximum atomic E-state index is 12.1. The summed E-state index contributed by atoms with van der Waals surface area (Å²) in [6, 6.07) is 21.6. The Morgan fingerprint density at radius 2 is 1.67 bits per heavy atom. The summed E-state index contributed by atoms with van der Waals surface area (Å²) in [6.07, 6.45) is 1.51. The molecule has 0 atom stereocenters. The van der Waals surface area contributed by atoms with Gasteiger partial charge in [0.25, 0.3) is 5.91 Å². The largest absolute Gasteiger partial charge is 0.508 e. The van der Waals surface area contributed by atoms with Crippen molar-refractivity contribution in [3.05, 3.63) is 95.1 Å². The normalized spacial score (nSPS) is 10.7. The lowest BCUT2D eigenvalue weighted by Gasteiger charge is -2.07. The minimum Gasteiger partial charge on any atom is -0.508 e. The summed E-state index contributed by atoms with van der Waals surface area (Å²) in [5, 5.41) is 13.1. The maximum absolute atomic E-state index is 12.1. The Bertz CT molecular complexity index is 915. The van der Waals surface area contributed by atoms with Crippen LogP contribution in [0.2, 0.25) is 0 Å². The molecule has 0 saturated heterocycles. The summed E-state index contributed by atoms with van der Waals surface area (Å²) in [5.74, 6) is 0.565. The van der Waals surface area contributed by atoms with Crippen molar-refractivity contribution < 1.29 is 14.6 Å². The number of phenolic OH excluding ortho intramolecular Hbond substituents is 1. The third-order valence-electron chi connectivity index (χ3n) is 3.92. The van der Waals surface area contributed by atoms with Crippen LogP contribution in [0.1, 0.15) is 27.0 Å². The standard InChI is InChI=1S/C22H20N2O3/c1-16-2-4-18(5-3-16)15-27-21-12-8-19(9-13-21)22(26)24-23-14-17-6-10-20(25)11-7-17/h2-14,25H,15H2,1H3,(H,24,26)/b23-14-. The van der Waals surface area contributed by atoms with E-state index in [0.717, 1.165) is 11.1 Å². The molecule has 0 heterocycles. The minimum absolute atomic E-state index is 0.181. The Balaban J connectivity index is 1.52. The van der Waals surface area contributed by atoms with Crippen molar-refractivity contribution in [3.63, 3.8) is 0 Å². The van der Waals surface area contributed by atoms with Crippen LogP contribution >= 0.6 is 0 Å². The van der Waals surface area contributed by atoms with Gasteiger partial charge in [-0.15, -0.1) is 0 Å². The van der Waals surface area contributed by atoms with Crippen molar-refractivity contribution in [1.82, 2.24) is 5.43 Å². The Hall–Kier alpha value is -3.60. The van der Waals surface area contributed by atoms with Gasteiger partial charge in [-0.25, -0.2) is 5.43 Å². The number of hydrogen-bond donors (Lipinski definition) is 2. The van der Waals surface area contributed by atoms with Gasteiger partial charge in [-0.3, -0.25) is 4.79 Å². The number of carbonyl (C=O) groups is 1. The number of amides is 1. The molecule has 0 fully saturated rings. The highest BCUT2D eigenvalue weighted by atomic mass is 16.5. The fraction of sp³-hybridized carbons (Fsp3) is 0.0909. The fourth-order valence-corrected chi connectivity index (χ4v) is 2.34. The highest BCUT2D eigenvalue weighted by molar-refractivity contribution is 5.95. The molecule has 0 aliphatic rings. The third-order valence-corrected chi connectivity index (χ3v) is 3.92. The number of hydrogen-bond acceptors (Lipinski definition) is 4. The molecule has 136 valence electrons. The lowest BCUT2D eigenvalue weighted by atomic mass is 10.2. The molecule has 27 heavy (non-hydrogen) atoms. The van der Waals surface area contributed by atoms with Crippen LogP contribution < -0.4 is 10.2 Å². The van der Waals surface area contributed by atoms with Crippen LogP contribution in [0.15, 0.2) is 77.9 Å². The number of phenols is 1. The molecule has 0 spiro atoms. The van der Waals surface area contributed by atoms with Gasteiger partial charge in [0.15, 0.2) is 0 Å². The van der Waals surface area contributed by atoms with E-state index < -0.39 is 0 Å². The second-order valence-electron chi connectivity index (χ2n) is 6.09. The number of nitrogens with zero attached hydrogens (tertiary/aromatic N) is 1. The van der Waals surface area contributed by atoms with Crippen LogP contribution in [-0.2, 0) is 6.61 Å². The summed E-state index contributed by atoms with van der Waals surface area (Å²) < 4.78 is 5.73. The van der Waals surface area contributed by atoms with E-state index in [1.54, 1.807) is 48.5 Å². The summed E-state index contributed by atoms with van der Waals surface area (Å²) in [7, 11) is 0. The van der Waals surface area contributed by atoms with E-state index in [1.165, 1.54) is 11.8 Å². The molecule has 5 heteroatoms. The first-order valence-corrected chi connectivity index (χ1v) is 8.51. The van der Waals surface area contributed by atoms with Crippen LogP contribution in [-0.4, -0.2) is 17.2 Å². The smallest absolute Gasteiger partial charge is 0.271 e. The number of aromatic hydroxyl groups is 1. The van der Waals surface area contributed by atoms with Gasteiger partial charge in [-0.1, -0.05) is 29.8 Å². The summed E-state index contributed by atoms with van der Waals surface area (Å²) in [4.78, 5) is 12.1. The first-order valence-electron chi connectivity index (χ1n) is 8.51. The predicted octanol–water partition coefficient (Wildman–Crippen LogP) is 4.04. The number of nitrogens with one attached hydrogen (secondary N) is 1. The van der Waals surface area contributed by atoms with E-state index in [2.05, 4.69) is 10.5 Å². The van der Waals surface area contributed by atoms with Gasteiger partial charge < -0.3 is 9.84 Å². The fourth-order valence-electron chi connectivity index (χ4n) is 2.34. The Morgan fingerprint density at radius 3 is 2.33 bits per heavy atom. The van der Waals surface area contributed by atoms with Gasteiger partial charge in [0.1, 0.15) is 18.1 Å². The Kier molecular flexibility index (Phi) is 5.84. The lowest BCUT2D eigenvalue weighted by molar-refractivity contribution is 0.0955. The maximum Gasteiger partial charge on any atom is 0.271 e. The van der Waals surface area contributed by atoms with Crippen molar-refractivity contribution in [2.24, 2.45) is 5.10 Å². The number of benzene rings is 3. The first-order chi connectivity index (χ1) is 13.1. The molecule has 3 rings (SSSR count). The second kappa shape index (κ2) is 8.67. The molecule has 5 nitrogen and oxygen atoms in total. The van der Waals surface area contributed by atoms with Crippen molar-refractivity contribution in [3.8, 4) is 11.5 Å². The zero-order valence-electron chi connectivity index (χ0n) is 14.9. The highest BCUT2D eigenvalue weighted by Gasteiger charge is 2.04. The predicted molar refractivity (Wildman–Crippen MR) is 105 cm³/mol. The Morgan fingerprint density at radius 1 is 1.00 bits per heavy atom. The summed E-state index contributed by atoms with van der Waals surface area (Å²) in [5.41, 5.74) is 6.03. The molecule has 0 aliphatic carbocycles. The van der Waals surface area contributed by atoms with Gasteiger partial charge in [0.05, 0.1) is 6.21 Å². The molecule has 3 aromatic rings. The van der Waals surface area contributed by atoms with Crippen LogP contribution in [0.3, 0.4) is 0 Å². The van der Waals surface area contributed by atoms with Gasteiger partial charge in [-0.05, 0) is 66.6 Å². The average molecular weight is 360 g/mol. The Labute approximate surface area is 157 Å². The van der Waals surface area contributed by atoms with Gasteiger partial charge in [-0.2, -0.15) is 5.10 Å². The van der Waals surface area contributed by atoms with E-state index in [9.17, 15) is 9.90 Å². The number of aryl methyl sites for hydroxylation is 1. The van der Waals surface area contributed by atoms with Gasteiger partial charge >= 0.3 is 0 Å². The van der Waals surface area contributed by atoms with Gasteiger partial charge in [0.2, 0.25) is 0 Å². The second-order valence-corrected chi connectivity index (χ2v) is 6.09. The molecule has 0 unspecified atom stereocenters. The van der Waals surface area contributed by atoms with Crippen LogP contribution in [0.5, 0.6) is 11.5 Å². The van der Waals surface area contributed by atoms with Crippen LogP contribution in [0.4, 0.5) is 0 Å². The van der Waals surface area contributed by atoms with Gasteiger partial charge in [0, 0.05) is 5.56 Å². The molecular formula is C22H20N2O3. The summed E-state index contributed by atoms with van der Waals surface area (Å²) in [6.45, 7) is 2.52.